The van der Waals surface area contributed by atoms with Crippen molar-refractivity contribution < 1.29 is 10.2 Å². The summed E-state index contributed by atoms with van der Waals surface area (Å²) < 4.78 is 0.269. The third-order valence-electron chi connectivity index (χ3n) is 1.06. The van der Waals surface area contributed by atoms with Gasteiger partial charge < -0.3 is 10.2 Å². The molecule has 3 nitrogen and oxygen atoms in total. The standard InChI is InChI=1S/C6H6BrNO2/c1-3-2-4(9)5(10)6(7)8-3/h2,10H,1H3,(H,8,9). The Kier molecular flexibility index (Phi) is 1.80. The van der Waals surface area contributed by atoms with Crippen LogP contribution in [-0.2, 0) is 0 Å². The summed E-state index contributed by atoms with van der Waals surface area (Å²) in [6, 6.07) is 1.39. The molecule has 0 aliphatic heterocycles. The average molecular weight is 204 g/mol. The van der Waals surface area contributed by atoms with Crippen molar-refractivity contribution in [3.8, 4) is 11.5 Å². The van der Waals surface area contributed by atoms with Crippen LogP contribution in [0.15, 0.2) is 10.7 Å². The second-order valence-electron chi connectivity index (χ2n) is 1.92. The highest BCUT2D eigenvalue weighted by Gasteiger charge is 2.04. The number of aryl methyl sites for hydroxylation is 1. The van der Waals surface area contributed by atoms with E-state index in [1.165, 1.54) is 6.07 Å². The molecule has 2 N–H and O–H groups in total. The topological polar surface area (TPSA) is 53.4 Å². The minimum absolute atomic E-state index is 0.153. The smallest absolute Gasteiger partial charge is 0.191 e. The van der Waals surface area contributed by atoms with Crippen LogP contribution < -0.4 is 0 Å². The van der Waals surface area contributed by atoms with Gasteiger partial charge >= 0.3 is 0 Å². The molecule has 0 aliphatic carbocycles. The second-order valence-corrected chi connectivity index (χ2v) is 2.67. The van der Waals surface area contributed by atoms with E-state index in [0.29, 0.717) is 5.69 Å². The number of pyridine rings is 1. The molecular formula is C6H6BrNO2. The fourth-order valence-electron chi connectivity index (χ4n) is 0.612. The first-order chi connectivity index (χ1) is 4.61. The minimum Gasteiger partial charge on any atom is -0.504 e. The fourth-order valence-corrected chi connectivity index (χ4v) is 1.09. The number of nitrogens with zero attached hydrogens (tertiary/aromatic N) is 1. The van der Waals surface area contributed by atoms with Gasteiger partial charge in [-0.25, -0.2) is 4.98 Å². The van der Waals surface area contributed by atoms with Gasteiger partial charge in [0.05, 0.1) is 0 Å². The molecule has 1 heterocycles. The van der Waals surface area contributed by atoms with Crippen molar-refractivity contribution in [1.82, 2.24) is 4.98 Å². The average Bonchev–Trinajstić information content (AvgIpc) is 1.82. The lowest BCUT2D eigenvalue weighted by Crippen LogP contribution is -1.82. The number of aromatic hydroxyl groups is 2. The Morgan fingerprint density at radius 2 is 2.10 bits per heavy atom. The molecule has 0 spiro atoms. The summed E-state index contributed by atoms with van der Waals surface area (Å²) in [4.78, 5) is 3.84. The molecule has 0 atom stereocenters. The van der Waals surface area contributed by atoms with Gasteiger partial charge in [-0.15, -0.1) is 0 Å². The zero-order chi connectivity index (χ0) is 7.72. The van der Waals surface area contributed by atoms with Gasteiger partial charge in [0, 0.05) is 11.8 Å². The number of rotatable bonds is 0. The summed E-state index contributed by atoms with van der Waals surface area (Å²) in [6.07, 6.45) is 0. The maximum absolute atomic E-state index is 8.97. The van der Waals surface area contributed by atoms with E-state index in [2.05, 4.69) is 20.9 Å². The van der Waals surface area contributed by atoms with Gasteiger partial charge in [-0.05, 0) is 22.9 Å². The Bertz CT molecular complexity index is 239. The number of aromatic nitrogens is 1. The van der Waals surface area contributed by atoms with E-state index in [4.69, 9.17) is 10.2 Å². The van der Waals surface area contributed by atoms with Crippen LogP contribution in [0.3, 0.4) is 0 Å². The highest BCUT2D eigenvalue weighted by atomic mass is 79.9. The van der Waals surface area contributed by atoms with E-state index in [-0.39, 0.29) is 16.1 Å². The summed E-state index contributed by atoms with van der Waals surface area (Å²) in [7, 11) is 0. The molecule has 1 rings (SSSR count). The largest absolute Gasteiger partial charge is 0.504 e. The van der Waals surface area contributed by atoms with Crippen LogP contribution in [0.2, 0.25) is 0 Å². The molecule has 0 radical (unpaired) electrons. The van der Waals surface area contributed by atoms with E-state index in [1.807, 2.05) is 0 Å². The summed E-state index contributed by atoms with van der Waals surface area (Å²) >= 11 is 2.98. The van der Waals surface area contributed by atoms with Crippen LogP contribution in [0.1, 0.15) is 5.69 Å². The Hall–Kier alpha value is -0.770. The molecular weight excluding hydrogens is 198 g/mol. The van der Waals surface area contributed by atoms with E-state index in [9.17, 15) is 0 Å². The van der Waals surface area contributed by atoms with Crippen LogP contribution in [0.5, 0.6) is 11.5 Å². The number of hydrogen-bond donors (Lipinski definition) is 2. The van der Waals surface area contributed by atoms with Crippen molar-refractivity contribution in [2.24, 2.45) is 0 Å². The molecule has 10 heavy (non-hydrogen) atoms. The summed E-state index contributed by atoms with van der Waals surface area (Å²) in [5.74, 6) is -0.370. The molecule has 0 fully saturated rings. The van der Waals surface area contributed by atoms with Crippen LogP contribution >= 0.6 is 15.9 Å². The summed E-state index contributed by atoms with van der Waals surface area (Å²) in [6.45, 7) is 1.73. The van der Waals surface area contributed by atoms with E-state index < -0.39 is 0 Å². The summed E-state index contributed by atoms with van der Waals surface area (Å²) in [5.41, 5.74) is 0.655. The highest BCUT2D eigenvalue weighted by Crippen LogP contribution is 2.31. The molecule has 0 saturated heterocycles. The molecule has 4 heteroatoms. The van der Waals surface area contributed by atoms with Crippen LogP contribution in [0.25, 0.3) is 0 Å². The summed E-state index contributed by atoms with van der Waals surface area (Å²) in [5, 5.41) is 17.9. The quantitative estimate of drug-likeness (QED) is 0.630. The van der Waals surface area contributed by atoms with E-state index in [1.54, 1.807) is 6.92 Å². The first-order valence-electron chi connectivity index (χ1n) is 2.66. The zero-order valence-corrected chi connectivity index (χ0v) is 6.88. The van der Waals surface area contributed by atoms with Crippen molar-refractivity contribution in [3.05, 3.63) is 16.4 Å². The van der Waals surface area contributed by atoms with Crippen molar-refractivity contribution >= 4 is 15.9 Å². The van der Waals surface area contributed by atoms with Gasteiger partial charge in [-0.3, -0.25) is 0 Å². The first-order valence-corrected chi connectivity index (χ1v) is 3.45. The molecule has 0 aromatic carbocycles. The lowest BCUT2D eigenvalue weighted by molar-refractivity contribution is 0.398. The van der Waals surface area contributed by atoms with Crippen molar-refractivity contribution in [2.75, 3.05) is 0 Å². The Morgan fingerprint density at radius 1 is 1.50 bits per heavy atom. The monoisotopic (exact) mass is 203 g/mol. The van der Waals surface area contributed by atoms with Crippen molar-refractivity contribution in [2.45, 2.75) is 6.92 Å². The molecule has 0 unspecified atom stereocenters. The first kappa shape index (κ1) is 7.34. The lowest BCUT2D eigenvalue weighted by Gasteiger charge is -1.99. The zero-order valence-electron chi connectivity index (χ0n) is 5.30. The molecule has 54 valence electrons. The van der Waals surface area contributed by atoms with E-state index >= 15 is 0 Å². The predicted molar refractivity (Wildman–Crippen MR) is 40.0 cm³/mol. The van der Waals surface area contributed by atoms with Crippen molar-refractivity contribution in [1.29, 1.82) is 0 Å². The Labute approximate surface area is 66.5 Å². The lowest BCUT2D eigenvalue weighted by atomic mass is 10.3. The van der Waals surface area contributed by atoms with Gasteiger partial charge in [-0.2, -0.15) is 0 Å². The van der Waals surface area contributed by atoms with Crippen LogP contribution in [-0.4, -0.2) is 15.2 Å². The normalized spacial score (nSPS) is 9.80. The molecule has 1 aromatic rings. The van der Waals surface area contributed by atoms with Gasteiger partial charge in [-0.1, -0.05) is 0 Å². The number of hydrogen-bond acceptors (Lipinski definition) is 3. The highest BCUT2D eigenvalue weighted by molar-refractivity contribution is 9.10. The van der Waals surface area contributed by atoms with Gasteiger partial charge in [0.1, 0.15) is 0 Å². The van der Waals surface area contributed by atoms with Gasteiger partial charge in [0.15, 0.2) is 16.1 Å². The van der Waals surface area contributed by atoms with Gasteiger partial charge in [0.2, 0.25) is 0 Å². The Balaban J connectivity index is 3.31. The molecule has 1 aromatic heterocycles. The SMILES string of the molecule is Cc1cc(O)c(O)c(Br)n1. The maximum atomic E-state index is 8.97. The van der Waals surface area contributed by atoms with Crippen LogP contribution in [0.4, 0.5) is 0 Å². The molecule has 0 saturated carbocycles. The van der Waals surface area contributed by atoms with Crippen LogP contribution in [0, 0.1) is 6.92 Å². The molecule has 0 aliphatic rings. The third-order valence-corrected chi connectivity index (χ3v) is 1.61. The predicted octanol–water partition coefficient (Wildman–Crippen LogP) is 1.56. The Morgan fingerprint density at radius 3 is 2.60 bits per heavy atom. The number of halogens is 1. The maximum Gasteiger partial charge on any atom is 0.191 e. The fraction of sp³-hybridized carbons (Fsp3) is 0.167. The third kappa shape index (κ3) is 1.21. The van der Waals surface area contributed by atoms with Gasteiger partial charge in [0.25, 0.3) is 0 Å². The van der Waals surface area contributed by atoms with E-state index in [0.717, 1.165) is 0 Å². The second kappa shape index (κ2) is 2.46. The minimum atomic E-state index is -0.217. The molecule has 0 amide bonds. The van der Waals surface area contributed by atoms with Crippen molar-refractivity contribution in [3.63, 3.8) is 0 Å². The molecule has 0 bridgehead atoms.